The Morgan fingerprint density at radius 3 is 0.699 bits per heavy atom. The Labute approximate surface area is 478 Å². The summed E-state index contributed by atoms with van der Waals surface area (Å²) in [5.41, 5.74) is 3.87. The summed E-state index contributed by atoms with van der Waals surface area (Å²) in [5.74, 6) is 0. The van der Waals surface area contributed by atoms with Gasteiger partial charge in [-0.15, -0.1) is 0 Å². The molecule has 0 aromatic heterocycles. The zero-order valence-electron chi connectivity index (χ0n) is 47.0. The van der Waals surface area contributed by atoms with E-state index in [0.717, 1.165) is 73.3 Å². The van der Waals surface area contributed by atoms with Gasteiger partial charge in [0, 0.05) is 0 Å². The Kier molecular flexibility index (Phi) is 38.5. The van der Waals surface area contributed by atoms with Gasteiger partial charge in [-0.25, -0.2) is 16.8 Å². The standard InChI is InChI=1S/2C32H52O3S.Ca/c2*1-3-5-7-9-11-13-15-17-19-23-28-27-29(24-20-18-16-14-12-10-8-6-4-2)32(36(33,34)35)31-26-22-21-25-30(28)31;/h2*21-22,25-27H,3-20,23-24H2,1-2H3,(H,33,34,35);/q;;+2/p-2. The molecule has 0 spiro atoms. The monoisotopic (exact) mass is 1070 g/mol. The van der Waals surface area contributed by atoms with Gasteiger partial charge >= 0.3 is 37.7 Å². The van der Waals surface area contributed by atoms with Crippen LogP contribution in [0.4, 0.5) is 0 Å². The number of benzene rings is 4. The summed E-state index contributed by atoms with van der Waals surface area (Å²) in [4.78, 5) is 0.0435. The summed E-state index contributed by atoms with van der Waals surface area (Å²) in [7, 11) is -9.06. The van der Waals surface area contributed by atoms with E-state index in [-0.39, 0.29) is 47.5 Å². The van der Waals surface area contributed by atoms with Crippen LogP contribution in [0.3, 0.4) is 0 Å². The van der Waals surface area contributed by atoms with Crippen LogP contribution >= 0.6 is 0 Å². The van der Waals surface area contributed by atoms with Gasteiger partial charge < -0.3 is 9.11 Å². The van der Waals surface area contributed by atoms with Crippen molar-refractivity contribution in [1.29, 1.82) is 0 Å². The van der Waals surface area contributed by atoms with Crippen LogP contribution in [0.2, 0.25) is 0 Å². The van der Waals surface area contributed by atoms with Crippen LogP contribution in [0.1, 0.15) is 281 Å². The minimum atomic E-state index is -4.53. The van der Waals surface area contributed by atoms with Crippen LogP contribution in [0.15, 0.2) is 70.5 Å². The van der Waals surface area contributed by atoms with Gasteiger partial charge in [-0.1, -0.05) is 294 Å². The molecule has 4 rings (SSSR count). The van der Waals surface area contributed by atoms with Gasteiger partial charge in [-0.3, -0.25) is 0 Å². The zero-order chi connectivity index (χ0) is 52.1. The average molecular weight is 1070 g/mol. The number of rotatable bonds is 42. The molecule has 0 radical (unpaired) electrons. The molecule has 0 fully saturated rings. The third-order valence-electron chi connectivity index (χ3n) is 15.0. The number of unbranched alkanes of at least 4 members (excludes halogenated alkanes) is 32. The van der Waals surface area contributed by atoms with Gasteiger partial charge in [-0.05, 0) is 95.2 Å². The first-order valence-corrected chi connectivity index (χ1v) is 32.8. The minimum Gasteiger partial charge on any atom is -0.744 e. The van der Waals surface area contributed by atoms with Crippen molar-refractivity contribution < 1.29 is 25.9 Å². The molecule has 0 saturated heterocycles. The molecule has 0 bridgehead atoms. The topological polar surface area (TPSA) is 114 Å². The molecule has 0 saturated carbocycles. The van der Waals surface area contributed by atoms with Crippen molar-refractivity contribution in [1.82, 2.24) is 0 Å². The molecule has 0 atom stereocenters. The number of hydrogen-bond acceptors (Lipinski definition) is 6. The molecular weight excluding hydrogens is 969 g/mol. The zero-order valence-corrected chi connectivity index (χ0v) is 50.9. The van der Waals surface area contributed by atoms with Crippen molar-refractivity contribution in [2.24, 2.45) is 0 Å². The quantitative estimate of drug-likeness (QED) is 0.0248. The fourth-order valence-corrected chi connectivity index (χ4v) is 12.7. The first-order chi connectivity index (χ1) is 35.0. The van der Waals surface area contributed by atoms with Crippen LogP contribution in [0.25, 0.3) is 21.5 Å². The molecule has 73 heavy (non-hydrogen) atoms. The maximum atomic E-state index is 12.3. The molecule has 0 amide bonds. The first kappa shape index (κ1) is 67.6. The van der Waals surface area contributed by atoms with E-state index in [0.29, 0.717) is 23.6 Å². The van der Waals surface area contributed by atoms with Crippen LogP contribution in [0.5, 0.6) is 0 Å². The van der Waals surface area contributed by atoms with Crippen LogP contribution < -0.4 is 0 Å². The van der Waals surface area contributed by atoms with E-state index >= 15 is 0 Å². The molecule has 0 aliphatic rings. The van der Waals surface area contributed by atoms with Gasteiger partial charge in [0.1, 0.15) is 20.2 Å². The minimum absolute atomic E-state index is 0. The van der Waals surface area contributed by atoms with Crippen molar-refractivity contribution in [3.05, 3.63) is 82.9 Å². The third kappa shape index (κ3) is 28.1. The number of hydrogen-bond donors (Lipinski definition) is 0. The molecular formula is C64H102CaO6S2. The van der Waals surface area contributed by atoms with E-state index in [9.17, 15) is 25.9 Å². The summed E-state index contributed by atoms with van der Waals surface area (Å²) in [6.45, 7) is 8.99. The van der Waals surface area contributed by atoms with Gasteiger partial charge in [-0.2, -0.15) is 0 Å². The number of aryl methyl sites for hydroxylation is 4. The van der Waals surface area contributed by atoms with Crippen LogP contribution in [-0.4, -0.2) is 63.7 Å². The van der Waals surface area contributed by atoms with Gasteiger partial charge in [0.2, 0.25) is 0 Å². The van der Waals surface area contributed by atoms with Gasteiger partial charge in [0.15, 0.2) is 0 Å². The Balaban J connectivity index is 0.000000493. The molecule has 0 aliphatic heterocycles. The molecule has 0 heterocycles. The predicted molar refractivity (Wildman–Crippen MR) is 313 cm³/mol. The van der Waals surface area contributed by atoms with Gasteiger partial charge in [0.25, 0.3) is 0 Å². The molecule has 4 aromatic carbocycles. The third-order valence-corrected chi connectivity index (χ3v) is 17.0. The second-order valence-electron chi connectivity index (χ2n) is 21.4. The van der Waals surface area contributed by atoms with E-state index in [1.165, 1.54) is 204 Å². The smallest absolute Gasteiger partial charge is 0.744 e. The summed E-state index contributed by atoms with van der Waals surface area (Å²) < 4.78 is 73.9. The molecule has 408 valence electrons. The van der Waals surface area contributed by atoms with Crippen molar-refractivity contribution >= 4 is 79.5 Å². The second kappa shape index (κ2) is 41.6. The Morgan fingerprint density at radius 1 is 0.288 bits per heavy atom. The average Bonchev–Trinajstić information content (AvgIpc) is 3.36. The summed E-state index contributed by atoms with van der Waals surface area (Å²) in [6, 6.07) is 19.3. The summed E-state index contributed by atoms with van der Waals surface area (Å²) in [5, 5.41) is 3.10. The van der Waals surface area contributed by atoms with Crippen LogP contribution in [0, 0.1) is 0 Å². The SMILES string of the molecule is CCCCCCCCCCCc1cc(CCCCCCCCCCC)c2ccccc2c1S(=O)(=O)[O-].CCCCCCCCCCCc1cc(CCCCCCCCCCC)c2ccccc2c1S(=O)(=O)[O-].[Ca+2]. The molecule has 0 unspecified atom stereocenters. The van der Waals surface area contributed by atoms with Crippen molar-refractivity contribution in [2.75, 3.05) is 0 Å². The van der Waals surface area contributed by atoms with E-state index in [1.807, 2.05) is 60.7 Å². The van der Waals surface area contributed by atoms with Gasteiger partial charge in [0.05, 0.1) is 9.79 Å². The summed E-state index contributed by atoms with van der Waals surface area (Å²) in [6.07, 6.45) is 48.4. The van der Waals surface area contributed by atoms with E-state index in [2.05, 4.69) is 27.7 Å². The molecule has 9 heteroatoms. The van der Waals surface area contributed by atoms with E-state index < -0.39 is 20.2 Å². The molecule has 0 N–H and O–H groups in total. The molecule has 6 nitrogen and oxygen atoms in total. The fraction of sp³-hybridized carbons (Fsp3) is 0.688. The Hall–Kier alpha value is -1.52. The number of fused-ring (bicyclic) bond motifs is 2. The predicted octanol–water partition coefficient (Wildman–Crippen LogP) is 19.4. The normalized spacial score (nSPS) is 11.8. The maximum Gasteiger partial charge on any atom is 2.00 e. The molecule has 4 aromatic rings. The first-order valence-electron chi connectivity index (χ1n) is 30.0. The van der Waals surface area contributed by atoms with Crippen molar-refractivity contribution in [3.8, 4) is 0 Å². The summed E-state index contributed by atoms with van der Waals surface area (Å²) >= 11 is 0. The Bertz CT molecular complexity index is 2100. The van der Waals surface area contributed by atoms with Crippen molar-refractivity contribution in [3.63, 3.8) is 0 Å². The van der Waals surface area contributed by atoms with E-state index in [1.54, 1.807) is 0 Å². The van der Waals surface area contributed by atoms with Crippen LogP contribution in [-0.2, 0) is 45.9 Å². The maximum absolute atomic E-state index is 12.3. The van der Waals surface area contributed by atoms with Crippen molar-refractivity contribution in [2.45, 2.75) is 294 Å². The van der Waals surface area contributed by atoms with E-state index in [4.69, 9.17) is 0 Å². The largest absolute Gasteiger partial charge is 2.00 e. The Morgan fingerprint density at radius 2 is 0.479 bits per heavy atom. The second-order valence-corrected chi connectivity index (χ2v) is 24.0. The fourth-order valence-electron chi connectivity index (χ4n) is 10.9. The molecule has 0 aliphatic carbocycles.